The second-order valence-corrected chi connectivity index (χ2v) is 40.9. The van der Waals surface area contributed by atoms with E-state index in [1.807, 2.05) is 0 Å². The summed E-state index contributed by atoms with van der Waals surface area (Å²) in [6.07, 6.45) is 19.2. The van der Waals surface area contributed by atoms with E-state index in [1.165, 1.54) is 184 Å². The summed E-state index contributed by atoms with van der Waals surface area (Å²) in [7, 11) is 0. The van der Waals surface area contributed by atoms with Gasteiger partial charge in [-0.05, 0) is 278 Å². The van der Waals surface area contributed by atoms with Crippen LogP contribution in [0, 0.1) is 34.6 Å². The summed E-state index contributed by atoms with van der Waals surface area (Å²) in [5.74, 6) is 0. The zero-order chi connectivity index (χ0) is 88.9. The quantitative estimate of drug-likeness (QED) is 0.0475. The van der Waals surface area contributed by atoms with Crippen molar-refractivity contribution in [2.45, 2.75) is 254 Å². The molecule has 0 heterocycles. The molecule has 644 valence electrons. The molecule has 0 aliphatic heterocycles. The van der Waals surface area contributed by atoms with E-state index in [9.17, 15) is 0 Å². The van der Waals surface area contributed by atoms with Crippen LogP contribution in [-0.2, 0) is 32.5 Å². The highest BCUT2D eigenvalue weighted by molar-refractivity contribution is 5.89. The lowest BCUT2D eigenvalue weighted by molar-refractivity contribution is 0.397. The van der Waals surface area contributed by atoms with Crippen molar-refractivity contribution >= 4 is 51.2 Å². The van der Waals surface area contributed by atoms with Crippen molar-refractivity contribution in [3.8, 4) is 44.5 Å². The lowest BCUT2D eigenvalue weighted by atomic mass is 9.67. The van der Waals surface area contributed by atoms with Gasteiger partial charge in [0.2, 0.25) is 0 Å². The first-order valence-electron chi connectivity index (χ1n) is 47.3. The Hall–Kier alpha value is -11.5. The normalized spacial score (nSPS) is 13.1. The number of anilines is 9. The lowest BCUT2D eigenvalue weighted by Crippen LogP contribution is -2.29. The average Bonchev–Trinajstić information content (AvgIpc) is 1.53. The monoisotopic (exact) mass is 1660 g/mol. The maximum Gasteiger partial charge on any atom is 0.0713 e. The minimum Gasteiger partial charge on any atom is -0.311 e. The Balaban J connectivity index is 0.000000332. The van der Waals surface area contributed by atoms with Gasteiger partial charge in [0.25, 0.3) is 0 Å². The van der Waals surface area contributed by atoms with E-state index in [0.29, 0.717) is 0 Å². The molecule has 3 heteroatoms. The summed E-state index contributed by atoms with van der Waals surface area (Å²) in [6, 6.07) is 120. The molecule has 0 fully saturated rings. The highest BCUT2D eigenvalue weighted by Crippen LogP contribution is 2.59. The number of hydrogen-bond donors (Lipinski definition) is 0. The smallest absolute Gasteiger partial charge is 0.0713 e. The van der Waals surface area contributed by atoms with Crippen LogP contribution >= 0.6 is 0 Å². The molecule has 126 heavy (non-hydrogen) atoms. The minimum absolute atomic E-state index is 0.0564. The lowest BCUT2D eigenvalue weighted by Gasteiger charge is -2.35. The Kier molecular flexibility index (Phi) is 26.6. The van der Waals surface area contributed by atoms with E-state index >= 15 is 0 Å². The van der Waals surface area contributed by atoms with Crippen molar-refractivity contribution in [3.63, 3.8) is 0 Å². The standard InChI is InChI=1S/C92H91N3.C31H46/c1-62-16-28-73(29-17-62)92(86-60-63(2)18-58-84(86)85-59-19-64(3)61-87(85)92)74-38-56-83(57-39-74)93(75-40-20-65(21-41-75)67-24-44-77(45-25-67)94(79-48-30-69(31-49-79)88(4,5)6)80-50-32-70(33-51-80)89(7,8)9)76-42-22-66(23-43-76)68-26-46-78(47-27-68)95(81-52-34-71(35-53-81)90(10,11)12)82-54-36-72(37-55-82)91(13,14)15;1-5-7-9-11-13-15-21-31(22-16-14-12-10-8-6-2)29-23-25(3)17-19-27(29)28-20-18-26(4)24-30(28)31/h16-61H,1-15H3;17-20,23-24H,5-16,21-22H2,1-4H3. The van der Waals surface area contributed by atoms with Crippen molar-refractivity contribution in [2.24, 2.45) is 0 Å². The average molecular weight is 1660 g/mol. The molecule has 0 aromatic heterocycles. The van der Waals surface area contributed by atoms with Crippen LogP contribution in [0.4, 0.5) is 51.2 Å². The first-order chi connectivity index (χ1) is 60.4. The number of benzene rings is 14. The van der Waals surface area contributed by atoms with E-state index in [2.05, 4.69) is 462 Å². The van der Waals surface area contributed by atoms with Gasteiger partial charge in [-0.15, -0.1) is 0 Å². The van der Waals surface area contributed by atoms with Crippen LogP contribution < -0.4 is 14.7 Å². The Bertz CT molecular complexity index is 5550. The van der Waals surface area contributed by atoms with Gasteiger partial charge < -0.3 is 14.7 Å². The summed E-state index contributed by atoms with van der Waals surface area (Å²) in [5.41, 5.74) is 40.4. The molecule has 0 atom stereocenters. The van der Waals surface area contributed by atoms with Gasteiger partial charge in [-0.3, -0.25) is 0 Å². The van der Waals surface area contributed by atoms with Gasteiger partial charge in [-0.25, -0.2) is 0 Å². The summed E-state index contributed by atoms with van der Waals surface area (Å²) < 4.78 is 0. The van der Waals surface area contributed by atoms with Crippen molar-refractivity contribution < 1.29 is 0 Å². The van der Waals surface area contributed by atoms with Gasteiger partial charge in [0.1, 0.15) is 0 Å². The molecular formula is C123H137N3. The van der Waals surface area contributed by atoms with E-state index < -0.39 is 5.41 Å². The molecule has 0 N–H and O–H groups in total. The number of hydrogen-bond acceptors (Lipinski definition) is 3. The highest BCUT2D eigenvalue weighted by atomic mass is 15.2. The zero-order valence-electron chi connectivity index (χ0n) is 79.3. The van der Waals surface area contributed by atoms with Crippen LogP contribution in [-0.4, -0.2) is 0 Å². The van der Waals surface area contributed by atoms with E-state index in [1.54, 1.807) is 11.1 Å². The third-order valence-corrected chi connectivity index (χ3v) is 27.2. The third-order valence-electron chi connectivity index (χ3n) is 27.2. The zero-order valence-corrected chi connectivity index (χ0v) is 79.3. The molecule has 2 aliphatic rings. The summed E-state index contributed by atoms with van der Waals surface area (Å²) in [4.78, 5) is 7.16. The molecule has 0 bridgehead atoms. The predicted octanol–water partition coefficient (Wildman–Crippen LogP) is 36.0. The third kappa shape index (κ3) is 19.1. The van der Waals surface area contributed by atoms with Gasteiger partial charge in [0.05, 0.1) is 5.41 Å². The molecule has 14 aromatic rings. The molecule has 16 rings (SSSR count). The highest BCUT2D eigenvalue weighted by Gasteiger charge is 2.47. The Morgan fingerprint density at radius 1 is 0.206 bits per heavy atom. The maximum absolute atomic E-state index is 2.53. The van der Waals surface area contributed by atoms with Gasteiger partial charge in [0, 0.05) is 56.6 Å². The van der Waals surface area contributed by atoms with Crippen LogP contribution in [0.2, 0.25) is 0 Å². The minimum atomic E-state index is -0.524. The predicted molar refractivity (Wildman–Crippen MR) is 546 cm³/mol. The van der Waals surface area contributed by atoms with E-state index in [0.717, 1.165) is 73.4 Å². The molecular weight excluding hydrogens is 1520 g/mol. The van der Waals surface area contributed by atoms with Crippen LogP contribution in [0.3, 0.4) is 0 Å². The second-order valence-electron chi connectivity index (χ2n) is 40.9. The molecule has 0 saturated heterocycles. The first kappa shape index (κ1) is 89.3. The summed E-state index contributed by atoms with van der Waals surface area (Å²) >= 11 is 0. The fourth-order valence-corrected chi connectivity index (χ4v) is 19.8. The van der Waals surface area contributed by atoms with Crippen molar-refractivity contribution in [3.05, 3.63) is 399 Å². The fraction of sp³-hybridized carbons (Fsp3) is 0.317. The van der Waals surface area contributed by atoms with E-state index in [4.69, 9.17) is 0 Å². The maximum atomic E-state index is 2.53. The molecule has 0 saturated carbocycles. The van der Waals surface area contributed by atoms with Crippen LogP contribution in [0.25, 0.3) is 44.5 Å². The fourth-order valence-electron chi connectivity index (χ4n) is 19.8. The van der Waals surface area contributed by atoms with Gasteiger partial charge in [-0.1, -0.05) is 408 Å². The molecule has 2 aliphatic carbocycles. The number of unbranched alkanes of at least 4 members (excludes halogenated alkanes) is 10. The summed E-state index contributed by atoms with van der Waals surface area (Å²) in [6.45, 7) is 43.1. The second kappa shape index (κ2) is 37.6. The number of rotatable bonds is 27. The largest absolute Gasteiger partial charge is 0.311 e. The van der Waals surface area contributed by atoms with Gasteiger partial charge >= 0.3 is 0 Å². The Morgan fingerprint density at radius 3 is 0.651 bits per heavy atom. The first-order valence-corrected chi connectivity index (χ1v) is 47.3. The van der Waals surface area contributed by atoms with Crippen molar-refractivity contribution in [2.75, 3.05) is 14.7 Å². The molecule has 14 aromatic carbocycles. The number of fused-ring (bicyclic) bond motifs is 6. The molecule has 0 radical (unpaired) electrons. The molecule has 0 amide bonds. The number of nitrogens with zero attached hydrogens (tertiary/aromatic N) is 3. The summed E-state index contributed by atoms with van der Waals surface area (Å²) in [5, 5.41) is 0. The van der Waals surface area contributed by atoms with Gasteiger partial charge in [0.15, 0.2) is 0 Å². The molecule has 0 spiro atoms. The van der Waals surface area contributed by atoms with Gasteiger partial charge in [-0.2, -0.15) is 0 Å². The number of aryl methyl sites for hydroxylation is 5. The topological polar surface area (TPSA) is 9.72 Å². The van der Waals surface area contributed by atoms with E-state index in [-0.39, 0.29) is 27.1 Å². The SMILES string of the molecule is CCCCCCCCC1(CCCCCCCC)c2cc(C)ccc2-c2ccc(C)cc21.Cc1ccc(C2(c3ccc(N(c4ccc(-c5ccc(N(c6ccc(C(C)(C)C)cc6)c6ccc(C(C)(C)C)cc6)cc5)cc4)c4ccc(-c5ccc(N(c6ccc(C(C)(C)C)cc6)c6ccc(C(C)(C)C)cc6)cc5)cc4)cc3)c3cc(C)ccc3-c3ccc(C)cc32)cc1. The Labute approximate surface area is 758 Å². The van der Waals surface area contributed by atoms with Crippen molar-refractivity contribution in [1.82, 2.24) is 0 Å². The molecule has 3 nitrogen and oxygen atoms in total. The Morgan fingerprint density at radius 2 is 0.405 bits per heavy atom. The van der Waals surface area contributed by atoms with Crippen molar-refractivity contribution in [1.29, 1.82) is 0 Å². The van der Waals surface area contributed by atoms with Crippen LogP contribution in [0.15, 0.2) is 315 Å². The van der Waals surface area contributed by atoms with Crippen LogP contribution in [0.1, 0.15) is 270 Å². The molecule has 0 unspecified atom stereocenters. The van der Waals surface area contributed by atoms with Crippen LogP contribution in [0.5, 0.6) is 0 Å².